The first-order chi connectivity index (χ1) is 14.1. The number of nitriles is 1. The van der Waals surface area contributed by atoms with Gasteiger partial charge in [0.25, 0.3) is 0 Å². The van der Waals surface area contributed by atoms with Crippen LogP contribution in [0, 0.1) is 23.3 Å². The maximum absolute atomic E-state index is 12.5. The summed E-state index contributed by atoms with van der Waals surface area (Å²) in [6.07, 6.45) is 3.48. The number of carbonyl (C=O) groups is 3. The standard InChI is InChI=1S/C19H26N4O5S2/c1-8-13-12(9(2)24)17(25)23(13)14(19(27)28)15(8)30-10-5-11(21-6-10)16(29-4)18(26)22(3)7-20/h8-13,16,21,24H,5-6H2,1-4H3,(H,27,28)/t8-,9-,10+,11+,12-,13-,16?/m1/s1. The number of thioether (sulfide) groups is 2. The number of nitrogens with one attached hydrogen (secondary N) is 1. The first kappa shape index (κ1) is 22.9. The van der Waals surface area contributed by atoms with Crippen LogP contribution in [0.15, 0.2) is 10.6 Å². The van der Waals surface area contributed by atoms with Crippen molar-refractivity contribution in [2.75, 3.05) is 19.8 Å². The van der Waals surface area contributed by atoms with Crippen molar-refractivity contribution in [3.63, 3.8) is 0 Å². The van der Waals surface area contributed by atoms with Gasteiger partial charge in [-0.25, -0.2) is 4.79 Å². The average molecular weight is 455 g/mol. The Kier molecular flexibility index (Phi) is 6.72. The lowest BCUT2D eigenvalue weighted by molar-refractivity contribution is -0.163. The van der Waals surface area contributed by atoms with Crippen molar-refractivity contribution in [2.45, 2.75) is 49.0 Å². The van der Waals surface area contributed by atoms with E-state index in [-0.39, 0.29) is 40.8 Å². The average Bonchev–Trinajstić information content (AvgIpc) is 3.23. The SMILES string of the molecule is CSC(C(=O)N(C)C#N)[C@@H]1C[C@H](SC2=C(C(=O)O)N3C(=O)[C@H]([C@@H](C)O)[C@H]3[C@H]2C)CN1. The number of rotatable bonds is 7. The Morgan fingerprint density at radius 3 is 2.63 bits per heavy atom. The highest BCUT2D eigenvalue weighted by Gasteiger charge is 2.60. The van der Waals surface area contributed by atoms with Crippen LogP contribution in [0.25, 0.3) is 0 Å². The molecule has 3 heterocycles. The van der Waals surface area contributed by atoms with Crippen LogP contribution in [0.1, 0.15) is 20.3 Å². The number of aliphatic hydroxyl groups excluding tert-OH is 1. The molecule has 0 saturated carbocycles. The Morgan fingerprint density at radius 2 is 2.10 bits per heavy atom. The lowest BCUT2D eigenvalue weighted by Crippen LogP contribution is -2.63. The molecule has 2 amide bonds. The summed E-state index contributed by atoms with van der Waals surface area (Å²) >= 11 is 2.83. The van der Waals surface area contributed by atoms with E-state index in [0.717, 1.165) is 4.90 Å². The van der Waals surface area contributed by atoms with E-state index in [9.17, 15) is 24.6 Å². The fourth-order valence-corrected chi connectivity index (χ4v) is 6.98. The van der Waals surface area contributed by atoms with E-state index in [1.54, 1.807) is 6.92 Å². The number of aliphatic carboxylic acids is 1. The van der Waals surface area contributed by atoms with Gasteiger partial charge in [0.1, 0.15) is 5.70 Å². The predicted molar refractivity (Wildman–Crippen MR) is 113 cm³/mol. The fraction of sp³-hybridized carbons (Fsp3) is 0.684. The number of aliphatic hydroxyl groups is 1. The second-order valence-electron chi connectivity index (χ2n) is 7.92. The van der Waals surface area contributed by atoms with E-state index < -0.39 is 23.2 Å². The summed E-state index contributed by atoms with van der Waals surface area (Å²) in [6, 6.07) is -0.462. The minimum Gasteiger partial charge on any atom is -0.477 e. The molecule has 0 aliphatic carbocycles. The largest absolute Gasteiger partial charge is 0.477 e. The highest BCUT2D eigenvalue weighted by molar-refractivity contribution is 8.03. The zero-order chi connectivity index (χ0) is 22.3. The fourth-order valence-electron chi connectivity index (χ4n) is 4.59. The molecule has 0 radical (unpaired) electrons. The van der Waals surface area contributed by atoms with Crippen LogP contribution in [-0.2, 0) is 14.4 Å². The first-order valence-electron chi connectivity index (χ1n) is 9.72. The lowest BCUT2D eigenvalue weighted by Gasteiger charge is -2.46. The zero-order valence-electron chi connectivity index (χ0n) is 17.2. The number of nitrogens with zero attached hydrogens (tertiary/aromatic N) is 3. The van der Waals surface area contributed by atoms with Gasteiger partial charge in [-0.1, -0.05) is 6.92 Å². The van der Waals surface area contributed by atoms with Gasteiger partial charge in [-0.15, -0.1) is 11.8 Å². The third-order valence-electron chi connectivity index (χ3n) is 6.07. The van der Waals surface area contributed by atoms with Gasteiger partial charge in [-0.3, -0.25) is 14.5 Å². The minimum absolute atomic E-state index is 0.0181. The number of hydrogen-bond acceptors (Lipinski definition) is 8. The third-order valence-corrected chi connectivity index (χ3v) is 8.62. The van der Waals surface area contributed by atoms with Crippen molar-refractivity contribution in [3.8, 4) is 6.19 Å². The predicted octanol–water partition coefficient (Wildman–Crippen LogP) is 0.275. The third kappa shape index (κ3) is 3.70. The van der Waals surface area contributed by atoms with E-state index in [4.69, 9.17) is 5.26 Å². The molecule has 0 spiro atoms. The second kappa shape index (κ2) is 8.78. The van der Waals surface area contributed by atoms with Crippen molar-refractivity contribution < 1.29 is 24.6 Å². The maximum atomic E-state index is 12.5. The number of carbonyl (C=O) groups excluding carboxylic acids is 2. The quantitative estimate of drug-likeness (QED) is 0.282. The van der Waals surface area contributed by atoms with Gasteiger partial charge < -0.3 is 20.4 Å². The Labute approximate surface area is 183 Å². The highest BCUT2D eigenvalue weighted by atomic mass is 32.2. The van der Waals surface area contributed by atoms with Crippen molar-refractivity contribution >= 4 is 41.3 Å². The van der Waals surface area contributed by atoms with Crippen LogP contribution in [0.2, 0.25) is 0 Å². The molecular weight excluding hydrogens is 428 g/mol. The van der Waals surface area contributed by atoms with Gasteiger partial charge in [-0.2, -0.15) is 17.0 Å². The summed E-state index contributed by atoms with van der Waals surface area (Å²) in [5.74, 6) is -2.51. The molecule has 2 saturated heterocycles. The van der Waals surface area contributed by atoms with Crippen LogP contribution < -0.4 is 5.32 Å². The molecule has 1 unspecified atom stereocenters. The molecule has 9 nitrogen and oxygen atoms in total. The zero-order valence-corrected chi connectivity index (χ0v) is 18.9. The molecule has 3 N–H and O–H groups in total. The molecule has 3 aliphatic rings. The van der Waals surface area contributed by atoms with E-state index in [1.807, 2.05) is 19.4 Å². The van der Waals surface area contributed by atoms with Crippen LogP contribution in [-0.4, -0.2) is 86.3 Å². The van der Waals surface area contributed by atoms with Crippen LogP contribution in [0.3, 0.4) is 0 Å². The molecule has 3 aliphatic heterocycles. The van der Waals surface area contributed by atoms with Gasteiger partial charge in [0.05, 0.1) is 23.3 Å². The molecule has 30 heavy (non-hydrogen) atoms. The van der Waals surface area contributed by atoms with Gasteiger partial charge in [-0.05, 0) is 19.6 Å². The molecule has 0 aromatic carbocycles. The normalized spacial score (nSPS) is 32.3. The maximum Gasteiger partial charge on any atom is 0.353 e. The summed E-state index contributed by atoms with van der Waals surface area (Å²) in [5.41, 5.74) is 0.0181. The summed E-state index contributed by atoms with van der Waals surface area (Å²) in [7, 11) is 1.44. The Morgan fingerprint density at radius 1 is 1.43 bits per heavy atom. The number of fused-ring (bicyclic) bond motifs is 1. The molecule has 2 fully saturated rings. The smallest absolute Gasteiger partial charge is 0.353 e. The van der Waals surface area contributed by atoms with Crippen LogP contribution in [0.4, 0.5) is 0 Å². The summed E-state index contributed by atoms with van der Waals surface area (Å²) < 4.78 is 0. The number of carboxylic acid groups (broad SMARTS) is 1. The van der Waals surface area contributed by atoms with Crippen LogP contribution in [0.5, 0.6) is 0 Å². The van der Waals surface area contributed by atoms with Gasteiger partial charge >= 0.3 is 5.97 Å². The Balaban J connectivity index is 1.75. The number of carboxylic acids is 1. The summed E-state index contributed by atoms with van der Waals surface area (Å²) in [4.78, 5) is 39.8. The van der Waals surface area contributed by atoms with E-state index in [2.05, 4.69) is 5.32 Å². The number of β-lactam (4-membered cyclic amide) rings is 1. The Bertz CT molecular complexity index is 826. The lowest BCUT2D eigenvalue weighted by atomic mass is 9.79. The van der Waals surface area contributed by atoms with Crippen LogP contribution >= 0.6 is 23.5 Å². The Hall–Kier alpha value is -1.74. The first-order valence-corrected chi connectivity index (χ1v) is 11.9. The van der Waals surface area contributed by atoms with E-state index >= 15 is 0 Å². The molecule has 7 atom stereocenters. The number of hydrogen-bond donors (Lipinski definition) is 3. The highest BCUT2D eigenvalue weighted by Crippen LogP contribution is 2.52. The topological polar surface area (TPSA) is 134 Å². The van der Waals surface area contributed by atoms with E-state index in [1.165, 1.54) is 35.5 Å². The summed E-state index contributed by atoms with van der Waals surface area (Å²) in [6.45, 7) is 4.05. The van der Waals surface area contributed by atoms with Gasteiger partial charge in [0.15, 0.2) is 6.19 Å². The van der Waals surface area contributed by atoms with Gasteiger partial charge in [0, 0.05) is 35.7 Å². The molecule has 0 aromatic rings. The summed E-state index contributed by atoms with van der Waals surface area (Å²) in [5, 5.41) is 31.7. The van der Waals surface area contributed by atoms with E-state index in [0.29, 0.717) is 17.9 Å². The molecule has 0 aromatic heterocycles. The monoisotopic (exact) mass is 454 g/mol. The molecule has 164 valence electrons. The van der Waals surface area contributed by atoms with Crippen molar-refractivity contribution in [1.29, 1.82) is 5.26 Å². The van der Waals surface area contributed by atoms with Crippen molar-refractivity contribution in [3.05, 3.63) is 10.6 Å². The minimum atomic E-state index is -1.14. The molecule has 0 bridgehead atoms. The molecule has 3 rings (SSSR count). The number of amides is 2. The van der Waals surface area contributed by atoms with Crippen molar-refractivity contribution in [1.82, 2.24) is 15.1 Å². The second-order valence-corrected chi connectivity index (χ2v) is 10.2. The van der Waals surface area contributed by atoms with Gasteiger partial charge in [0.2, 0.25) is 11.8 Å². The molecular formula is C19H26N4O5S2. The van der Waals surface area contributed by atoms with Crippen molar-refractivity contribution in [2.24, 2.45) is 11.8 Å². The molecule has 11 heteroatoms.